The van der Waals surface area contributed by atoms with Crippen LogP contribution in [0.2, 0.25) is 0 Å². The van der Waals surface area contributed by atoms with Crippen LogP contribution in [0.1, 0.15) is 11.1 Å². The summed E-state index contributed by atoms with van der Waals surface area (Å²) in [7, 11) is 1.65. The third kappa shape index (κ3) is 4.17. The van der Waals surface area contributed by atoms with E-state index >= 15 is 0 Å². The zero-order valence-corrected chi connectivity index (χ0v) is 16.6. The standard InChI is InChI=1S/C23H26N4O2/c1-24-23(29)21-16-27(12-11-26(21)15-17-7-3-2-4-8-17)22(28)13-18-14-25-20-10-6-5-9-19(18)20/h2-10,14,21,25H,11-13,15-16H2,1H3,(H,24,29)/t21-/m1/s1. The SMILES string of the molecule is CNC(=O)[C@H]1CN(C(=O)Cc2c[nH]c3ccccc23)CCN1Cc1ccccc1. The van der Waals surface area contributed by atoms with Crippen molar-refractivity contribution in [1.82, 2.24) is 20.1 Å². The average Bonchev–Trinajstić information content (AvgIpc) is 3.17. The van der Waals surface area contributed by atoms with Gasteiger partial charge in [-0.15, -0.1) is 0 Å². The Morgan fingerprint density at radius 1 is 1.07 bits per heavy atom. The van der Waals surface area contributed by atoms with E-state index in [1.807, 2.05) is 53.6 Å². The quantitative estimate of drug-likeness (QED) is 0.702. The van der Waals surface area contributed by atoms with E-state index in [4.69, 9.17) is 0 Å². The predicted molar refractivity (Wildman–Crippen MR) is 113 cm³/mol. The molecule has 4 rings (SSSR count). The number of hydrogen-bond donors (Lipinski definition) is 2. The zero-order chi connectivity index (χ0) is 20.2. The summed E-state index contributed by atoms with van der Waals surface area (Å²) in [6.45, 7) is 2.41. The number of carbonyl (C=O) groups excluding carboxylic acids is 2. The van der Waals surface area contributed by atoms with Gasteiger partial charge in [-0.1, -0.05) is 48.5 Å². The van der Waals surface area contributed by atoms with Gasteiger partial charge in [0.2, 0.25) is 11.8 Å². The predicted octanol–water partition coefficient (Wildman–Crippen LogP) is 2.17. The number of rotatable bonds is 5. The topological polar surface area (TPSA) is 68.4 Å². The molecular formula is C23H26N4O2. The molecular weight excluding hydrogens is 364 g/mol. The molecule has 6 heteroatoms. The van der Waals surface area contributed by atoms with Gasteiger partial charge in [0.15, 0.2) is 0 Å². The van der Waals surface area contributed by atoms with E-state index in [1.54, 1.807) is 7.05 Å². The number of hydrogen-bond acceptors (Lipinski definition) is 3. The Morgan fingerprint density at radius 2 is 1.83 bits per heavy atom. The minimum atomic E-state index is -0.346. The van der Waals surface area contributed by atoms with Crippen LogP contribution in [0.4, 0.5) is 0 Å². The van der Waals surface area contributed by atoms with Crippen molar-refractivity contribution in [2.45, 2.75) is 19.0 Å². The lowest BCUT2D eigenvalue weighted by Crippen LogP contribution is -2.59. The van der Waals surface area contributed by atoms with E-state index in [0.717, 1.165) is 16.5 Å². The van der Waals surface area contributed by atoms with Gasteiger partial charge in [0.25, 0.3) is 0 Å². The lowest BCUT2D eigenvalue weighted by molar-refractivity contribution is -0.137. The van der Waals surface area contributed by atoms with Crippen LogP contribution in [0.3, 0.4) is 0 Å². The van der Waals surface area contributed by atoms with Gasteiger partial charge in [-0.25, -0.2) is 0 Å². The van der Waals surface area contributed by atoms with Gasteiger partial charge in [-0.2, -0.15) is 0 Å². The molecule has 2 N–H and O–H groups in total. The highest BCUT2D eigenvalue weighted by Crippen LogP contribution is 2.20. The average molecular weight is 390 g/mol. The molecule has 150 valence electrons. The number of para-hydroxylation sites is 1. The summed E-state index contributed by atoms with van der Waals surface area (Å²) in [4.78, 5) is 32.7. The van der Waals surface area contributed by atoms with E-state index in [0.29, 0.717) is 32.6 Å². The van der Waals surface area contributed by atoms with Crippen LogP contribution in [0.25, 0.3) is 10.9 Å². The second-order valence-electron chi connectivity index (χ2n) is 7.46. The zero-order valence-electron chi connectivity index (χ0n) is 16.6. The Kier molecular flexibility index (Phi) is 5.62. The first-order valence-electron chi connectivity index (χ1n) is 9.98. The lowest BCUT2D eigenvalue weighted by Gasteiger charge is -2.40. The maximum Gasteiger partial charge on any atom is 0.238 e. The van der Waals surface area contributed by atoms with E-state index in [9.17, 15) is 9.59 Å². The summed E-state index contributed by atoms with van der Waals surface area (Å²) in [5.41, 5.74) is 3.19. The smallest absolute Gasteiger partial charge is 0.238 e. The van der Waals surface area contributed by atoms with Gasteiger partial charge in [0.05, 0.1) is 6.42 Å². The van der Waals surface area contributed by atoms with E-state index in [-0.39, 0.29) is 17.9 Å². The molecule has 1 atom stereocenters. The number of fused-ring (bicyclic) bond motifs is 1. The third-order valence-electron chi connectivity index (χ3n) is 5.64. The fourth-order valence-corrected chi connectivity index (χ4v) is 4.02. The van der Waals surface area contributed by atoms with Crippen molar-refractivity contribution < 1.29 is 9.59 Å². The number of likely N-dealkylation sites (N-methyl/N-ethyl adjacent to an activating group) is 1. The Hall–Kier alpha value is -3.12. The molecule has 2 amide bonds. The second kappa shape index (κ2) is 8.49. The Labute approximate surface area is 170 Å². The Bertz CT molecular complexity index is 998. The fraction of sp³-hybridized carbons (Fsp3) is 0.304. The molecule has 29 heavy (non-hydrogen) atoms. The highest BCUT2D eigenvalue weighted by molar-refractivity contribution is 5.89. The molecule has 0 radical (unpaired) electrons. The van der Waals surface area contributed by atoms with Gasteiger partial charge >= 0.3 is 0 Å². The number of aromatic nitrogens is 1. The molecule has 0 bridgehead atoms. The third-order valence-corrected chi connectivity index (χ3v) is 5.64. The van der Waals surface area contributed by atoms with Crippen LogP contribution in [-0.4, -0.2) is 59.3 Å². The van der Waals surface area contributed by atoms with Gasteiger partial charge < -0.3 is 15.2 Å². The normalized spacial score (nSPS) is 17.4. The number of nitrogens with zero attached hydrogens (tertiary/aromatic N) is 2. The summed E-state index contributed by atoms with van der Waals surface area (Å²) in [6, 6.07) is 17.8. The van der Waals surface area contributed by atoms with Crippen LogP contribution < -0.4 is 5.32 Å². The molecule has 0 spiro atoms. The number of carbonyl (C=O) groups is 2. The number of nitrogens with one attached hydrogen (secondary N) is 2. The number of aromatic amines is 1. The Balaban J connectivity index is 1.46. The van der Waals surface area contributed by atoms with E-state index in [1.165, 1.54) is 5.56 Å². The van der Waals surface area contributed by atoms with Crippen molar-refractivity contribution in [3.8, 4) is 0 Å². The number of benzene rings is 2. The lowest BCUT2D eigenvalue weighted by atomic mass is 10.1. The first kappa shape index (κ1) is 19.2. The molecule has 0 saturated carbocycles. The van der Waals surface area contributed by atoms with Crippen molar-refractivity contribution in [2.24, 2.45) is 0 Å². The molecule has 6 nitrogen and oxygen atoms in total. The van der Waals surface area contributed by atoms with Crippen LogP contribution in [0.5, 0.6) is 0 Å². The summed E-state index contributed by atoms with van der Waals surface area (Å²) in [5.74, 6) is 0.00791. The van der Waals surface area contributed by atoms with Crippen molar-refractivity contribution in [3.05, 3.63) is 71.9 Å². The van der Waals surface area contributed by atoms with Crippen molar-refractivity contribution >= 4 is 22.7 Å². The summed E-state index contributed by atoms with van der Waals surface area (Å²) in [5, 5.41) is 3.83. The maximum atomic E-state index is 13.0. The second-order valence-corrected chi connectivity index (χ2v) is 7.46. The van der Waals surface area contributed by atoms with Gasteiger partial charge in [-0.05, 0) is 17.2 Å². The van der Waals surface area contributed by atoms with Crippen LogP contribution in [0, 0.1) is 0 Å². The first-order valence-corrected chi connectivity index (χ1v) is 9.98. The van der Waals surface area contributed by atoms with Gasteiger partial charge in [0.1, 0.15) is 6.04 Å². The van der Waals surface area contributed by atoms with Crippen molar-refractivity contribution in [1.29, 1.82) is 0 Å². The van der Waals surface area contributed by atoms with Crippen LogP contribution >= 0.6 is 0 Å². The molecule has 0 aliphatic carbocycles. The minimum absolute atomic E-state index is 0.0504. The Morgan fingerprint density at radius 3 is 2.62 bits per heavy atom. The molecule has 2 heterocycles. The highest BCUT2D eigenvalue weighted by atomic mass is 16.2. The van der Waals surface area contributed by atoms with E-state index < -0.39 is 0 Å². The summed E-state index contributed by atoms with van der Waals surface area (Å²) < 4.78 is 0. The summed E-state index contributed by atoms with van der Waals surface area (Å²) in [6.07, 6.45) is 2.24. The largest absolute Gasteiger partial charge is 0.361 e. The molecule has 2 aromatic carbocycles. The first-order chi connectivity index (χ1) is 14.2. The molecule has 1 fully saturated rings. The van der Waals surface area contributed by atoms with Gasteiger partial charge in [0, 0.05) is 50.3 Å². The van der Waals surface area contributed by atoms with Crippen LogP contribution in [-0.2, 0) is 22.6 Å². The number of amides is 2. The monoisotopic (exact) mass is 390 g/mol. The maximum absolute atomic E-state index is 13.0. The molecule has 1 aliphatic heterocycles. The van der Waals surface area contributed by atoms with Crippen LogP contribution in [0.15, 0.2) is 60.8 Å². The van der Waals surface area contributed by atoms with E-state index in [2.05, 4.69) is 27.3 Å². The molecule has 3 aromatic rings. The number of piperazine rings is 1. The van der Waals surface area contributed by atoms with Crippen molar-refractivity contribution in [3.63, 3.8) is 0 Å². The fourth-order valence-electron chi connectivity index (χ4n) is 4.02. The summed E-state index contributed by atoms with van der Waals surface area (Å²) >= 11 is 0. The number of H-pyrrole nitrogens is 1. The van der Waals surface area contributed by atoms with Crippen molar-refractivity contribution in [2.75, 3.05) is 26.7 Å². The minimum Gasteiger partial charge on any atom is -0.361 e. The van der Waals surface area contributed by atoms with Gasteiger partial charge in [-0.3, -0.25) is 14.5 Å². The highest BCUT2D eigenvalue weighted by Gasteiger charge is 2.33. The molecule has 0 unspecified atom stereocenters. The molecule has 1 aliphatic rings. The molecule has 1 aromatic heterocycles. The molecule has 1 saturated heterocycles.